The number of hydrogen-bond donors (Lipinski definition) is 1. The van der Waals surface area contributed by atoms with Crippen molar-refractivity contribution in [2.75, 3.05) is 0 Å². The van der Waals surface area contributed by atoms with E-state index in [1.165, 1.54) is 17.7 Å². The van der Waals surface area contributed by atoms with Gasteiger partial charge in [0.15, 0.2) is 5.76 Å². The Morgan fingerprint density at radius 1 is 1.13 bits per heavy atom. The number of aromatic amines is 1. The van der Waals surface area contributed by atoms with E-state index in [1.54, 1.807) is 0 Å². The molecule has 23 heavy (non-hydrogen) atoms. The fraction of sp³-hybridized carbons (Fsp3) is 0. The minimum absolute atomic E-state index is 0.136. The topological polar surface area (TPSA) is 71.8 Å². The number of fused-ring (bicyclic) bond motifs is 4. The number of nitrogens with one attached hydrogen (secondary N) is 1. The summed E-state index contributed by atoms with van der Waals surface area (Å²) in [6, 6.07) is 13.7. The van der Waals surface area contributed by atoms with Crippen LogP contribution in [0, 0.1) is 0 Å². The van der Waals surface area contributed by atoms with Crippen LogP contribution in [0.2, 0.25) is 0 Å². The van der Waals surface area contributed by atoms with Crippen LogP contribution in [0.5, 0.6) is 0 Å². The van der Waals surface area contributed by atoms with Crippen molar-refractivity contribution in [2.24, 2.45) is 0 Å². The lowest BCUT2D eigenvalue weighted by molar-refractivity contribution is 0.629. The average molecular weight is 319 g/mol. The predicted molar refractivity (Wildman–Crippen MR) is 90.7 cm³/mol. The summed E-state index contributed by atoms with van der Waals surface area (Å²) in [4.78, 5) is 24.2. The highest BCUT2D eigenvalue weighted by molar-refractivity contribution is 7.25. The lowest BCUT2D eigenvalue weighted by atomic mass is 10.2. The van der Waals surface area contributed by atoms with Gasteiger partial charge in [0.05, 0.1) is 11.8 Å². The zero-order valence-corrected chi connectivity index (χ0v) is 12.6. The molecule has 0 fully saturated rings. The summed E-state index contributed by atoms with van der Waals surface area (Å²) in [7, 11) is 0. The number of thiophene rings is 1. The number of pyridine rings is 1. The van der Waals surface area contributed by atoms with E-state index in [1.807, 2.05) is 42.5 Å². The van der Waals surface area contributed by atoms with E-state index in [-0.39, 0.29) is 5.56 Å². The molecule has 6 heteroatoms. The van der Waals surface area contributed by atoms with Crippen molar-refractivity contribution in [2.45, 2.75) is 0 Å². The molecule has 0 bridgehead atoms. The van der Waals surface area contributed by atoms with Crippen LogP contribution in [0.4, 0.5) is 0 Å². The Labute approximate surface area is 133 Å². The third-order valence-electron chi connectivity index (χ3n) is 3.80. The standard InChI is InChI=1S/C17H9N3O2S/c21-16-15-14(18-8-19-16)10-5-6-11(20-17(10)23-15)13-7-9-3-1-2-4-12(9)22-13/h1-8H,(H,18,19,21). The van der Waals surface area contributed by atoms with Crippen LogP contribution in [-0.4, -0.2) is 15.0 Å². The number of H-pyrrole nitrogens is 1. The molecular weight excluding hydrogens is 310 g/mol. The van der Waals surface area contributed by atoms with E-state index in [0.29, 0.717) is 16.0 Å². The minimum Gasteiger partial charge on any atom is -0.454 e. The van der Waals surface area contributed by atoms with Crippen LogP contribution in [0.15, 0.2) is 58.0 Å². The molecule has 0 aliphatic rings. The highest BCUT2D eigenvalue weighted by Gasteiger charge is 2.13. The van der Waals surface area contributed by atoms with E-state index in [4.69, 9.17) is 4.42 Å². The van der Waals surface area contributed by atoms with Gasteiger partial charge in [-0.25, -0.2) is 9.97 Å². The van der Waals surface area contributed by atoms with Gasteiger partial charge in [0.2, 0.25) is 0 Å². The fourth-order valence-corrected chi connectivity index (χ4v) is 3.74. The van der Waals surface area contributed by atoms with Crippen LogP contribution < -0.4 is 5.56 Å². The summed E-state index contributed by atoms with van der Waals surface area (Å²) in [5.41, 5.74) is 2.14. The second kappa shape index (κ2) is 4.50. The van der Waals surface area contributed by atoms with Crippen LogP contribution in [0.3, 0.4) is 0 Å². The summed E-state index contributed by atoms with van der Waals surface area (Å²) in [5.74, 6) is 0.715. The van der Waals surface area contributed by atoms with Crippen LogP contribution in [0.25, 0.3) is 42.9 Å². The molecule has 0 amide bonds. The fourth-order valence-electron chi connectivity index (χ4n) is 2.71. The van der Waals surface area contributed by atoms with Gasteiger partial charge in [-0.1, -0.05) is 18.2 Å². The molecule has 4 aromatic heterocycles. The zero-order chi connectivity index (χ0) is 15.4. The molecule has 0 saturated carbocycles. The first kappa shape index (κ1) is 12.5. The van der Waals surface area contributed by atoms with Crippen LogP contribution in [-0.2, 0) is 0 Å². The summed E-state index contributed by atoms with van der Waals surface area (Å²) in [6.45, 7) is 0. The highest BCUT2D eigenvalue weighted by atomic mass is 32.1. The summed E-state index contributed by atoms with van der Waals surface area (Å²) >= 11 is 1.34. The normalized spacial score (nSPS) is 11.7. The van der Waals surface area contributed by atoms with Gasteiger partial charge in [0.25, 0.3) is 5.56 Å². The molecule has 5 aromatic rings. The molecule has 0 atom stereocenters. The molecule has 0 aliphatic carbocycles. The molecule has 0 radical (unpaired) electrons. The smallest absolute Gasteiger partial charge is 0.268 e. The maximum absolute atomic E-state index is 11.9. The van der Waals surface area contributed by atoms with Gasteiger partial charge in [-0.05, 0) is 24.3 Å². The first-order valence-electron chi connectivity index (χ1n) is 7.05. The average Bonchev–Trinajstić information content (AvgIpc) is 3.16. The molecule has 0 unspecified atom stereocenters. The van der Waals surface area contributed by atoms with E-state index in [9.17, 15) is 4.79 Å². The molecule has 0 spiro atoms. The maximum Gasteiger partial charge on any atom is 0.268 e. The molecule has 1 aromatic carbocycles. The molecule has 1 N–H and O–H groups in total. The van der Waals surface area contributed by atoms with Crippen molar-refractivity contribution in [3.05, 3.63) is 59.1 Å². The van der Waals surface area contributed by atoms with Crippen LogP contribution >= 0.6 is 11.3 Å². The van der Waals surface area contributed by atoms with Gasteiger partial charge in [0.1, 0.15) is 20.8 Å². The van der Waals surface area contributed by atoms with Crippen molar-refractivity contribution in [3.63, 3.8) is 0 Å². The summed E-state index contributed by atoms with van der Waals surface area (Å²) in [5, 5.41) is 1.93. The van der Waals surface area contributed by atoms with Gasteiger partial charge in [-0.15, -0.1) is 11.3 Å². The van der Waals surface area contributed by atoms with Gasteiger partial charge < -0.3 is 9.40 Å². The van der Waals surface area contributed by atoms with Gasteiger partial charge in [-0.2, -0.15) is 0 Å². The minimum atomic E-state index is -0.136. The van der Waals surface area contributed by atoms with Crippen molar-refractivity contribution in [3.8, 4) is 11.5 Å². The maximum atomic E-state index is 11.9. The number of para-hydroxylation sites is 1. The molecule has 4 heterocycles. The SMILES string of the molecule is O=c1[nH]cnc2c1sc1nc(-c3cc4ccccc4o3)ccc12. The Balaban J connectivity index is 1.77. The predicted octanol–water partition coefficient (Wildman–Crippen LogP) is 3.95. The molecular formula is C17H9N3O2S. The van der Waals surface area contributed by atoms with E-state index in [0.717, 1.165) is 26.9 Å². The third kappa shape index (κ3) is 1.82. The molecule has 5 rings (SSSR count). The number of aromatic nitrogens is 3. The lowest BCUT2D eigenvalue weighted by Gasteiger charge is -1.96. The molecule has 0 aliphatic heterocycles. The quantitative estimate of drug-likeness (QED) is 0.508. The lowest BCUT2D eigenvalue weighted by Crippen LogP contribution is -2.03. The number of hydrogen-bond acceptors (Lipinski definition) is 5. The molecule has 0 saturated heterocycles. The first-order valence-corrected chi connectivity index (χ1v) is 7.87. The first-order chi connectivity index (χ1) is 11.3. The Kier molecular flexibility index (Phi) is 2.46. The van der Waals surface area contributed by atoms with Gasteiger partial charge in [-0.3, -0.25) is 4.79 Å². The monoisotopic (exact) mass is 319 g/mol. The van der Waals surface area contributed by atoms with Crippen molar-refractivity contribution in [1.29, 1.82) is 0 Å². The van der Waals surface area contributed by atoms with Gasteiger partial charge >= 0.3 is 0 Å². The largest absolute Gasteiger partial charge is 0.454 e. The molecule has 5 nitrogen and oxygen atoms in total. The van der Waals surface area contributed by atoms with E-state index < -0.39 is 0 Å². The van der Waals surface area contributed by atoms with Gasteiger partial charge in [0, 0.05) is 10.8 Å². The summed E-state index contributed by atoms with van der Waals surface area (Å²) in [6.07, 6.45) is 1.42. The Bertz CT molecular complexity index is 1220. The third-order valence-corrected chi connectivity index (χ3v) is 4.89. The molecule has 110 valence electrons. The van der Waals surface area contributed by atoms with Crippen molar-refractivity contribution >= 4 is 42.7 Å². The van der Waals surface area contributed by atoms with E-state index in [2.05, 4.69) is 15.0 Å². The van der Waals surface area contributed by atoms with Crippen molar-refractivity contribution in [1.82, 2.24) is 15.0 Å². The van der Waals surface area contributed by atoms with Crippen LogP contribution in [0.1, 0.15) is 0 Å². The Morgan fingerprint density at radius 2 is 2.04 bits per heavy atom. The van der Waals surface area contributed by atoms with E-state index >= 15 is 0 Å². The highest BCUT2D eigenvalue weighted by Crippen LogP contribution is 2.32. The number of benzene rings is 1. The van der Waals surface area contributed by atoms with Crippen molar-refractivity contribution < 1.29 is 4.42 Å². The number of nitrogens with zero attached hydrogens (tertiary/aromatic N) is 2. The number of rotatable bonds is 1. The second-order valence-electron chi connectivity index (χ2n) is 5.21. The zero-order valence-electron chi connectivity index (χ0n) is 11.7. The second-order valence-corrected chi connectivity index (χ2v) is 6.21. The Hall–Kier alpha value is -2.99. The number of furan rings is 1. The Morgan fingerprint density at radius 3 is 2.96 bits per heavy atom. The summed E-state index contributed by atoms with van der Waals surface area (Å²) < 4.78 is 6.45.